The van der Waals surface area contributed by atoms with Gasteiger partial charge in [0.15, 0.2) is 0 Å². The average Bonchev–Trinajstić information content (AvgIpc) is 3.10. The smallest absolute Gasteiger partial charge is 0.407 e. The van der Waals surface area contributed by atoms with E-state index >= 15 is 0 Å². The molecular weight excluding hydrogens is 424 g/mol. The number of carbonyl (C=O) groups excluding carboxylic acids is 2. The van der Waals surface area contributed by atoms with Crippen LogP contribution in [0, 0.1) is 17.8 Å². The average molecular weight is 471 g/mol. The van der Waals surface area contributed by atoms with Gasteiger partial charge in [0.1, 0.15) is 6.10 Å². The second-order valence-corrected chi connectivity index (χ2v) is 10.1. The highest BCUT2D eigenvalue weighted by Gasteiger charge is 2.48. The van der Waals surface area contributed by atoms with Crippen molar-refractivity contribution in [1.29, 1.82) is 0 Å². The van der Waals surface area contributed by atoms with Crippen molar-refractivity contribution >= 4 is 18.0 Å². The molecule has 1 rings (SSSR count). The number of carboxylic acids is 1. The number of hydrogen-bond donors (Lipinski definition) is 3. The lowest BCUT2D eigenvalue weighted by Crippen LogP contribution is -2.51. The van der Waals surface area contributed by atoms with Crippen LogP contribution in [0.5, 0.6) is 0 Å². The van der Waals surface area contributed by atoms with Gasteiger partial charge in [-0.2, -0.15) is 0 Å². The van der Waals surface area contributed by atoms with Crippen molar-refractivity contribution in [3.8, 4) is 0 Å². The van der Waals surface area contributed by atoms with Crippen LogP contribution in [-0.2, 0) is 19.1 Å². The Morgan fingerprint density at radius 1 is 1.12 bits per heavy atom. The maximum atomic E-state index is 12.8. The minimum Gasteiger partial charge on any atom is -0.481 e. The van der Waals surface area contributed by atoms with Crippen LogP contribution >= 0.6 is 0 Å². The third-order valence-corrected chi connectivity index (χ3v) is 6.84. The second kappa shape index (κ2) is 13.8. The molecule has 1 aliphatic carbocycles. The van der Waals surface area contributed by atoms with Crippen molar-refractivity contribution in [3.05, 3.63) is 0 Å². The van der Waals surface area contributed by atoms with Crippen molar-refractivity contribution in [3.63, 3.8) is 0 Å². The number of rotatable bonds is 14. The Morgan fingerprint density at radius 2 is 1.76 bits per heavy atom. The molecule has 0 aromatic carbocycles. The molecule has 0 bridgehead atoms. The zero-order valence-corrected chi connectivity index (χ0v) is 21.6. The summed E-state index contributed by atoms with van der Waals surface area (Å²) in [5.74, 6) is -1.98. The van der Waals surface area contributed by atoms with Gasteiger partial charge in [0.2, 0.25) is 5.91 Å². The lowest BCUT2D eigenvalue weighted by atomic mass is 9.82. The van der Waals surface area contributed by atoms with Crippen LogP contribution in [-0.4, -0.2) is 53.5 Å². The predicted octanol–water partition coefficient (Wildman–Crippen LogP) is 4.51. The Kier molecular flexibility index (Phi) is 12.2. The molecule has 0 aliphatic heterocycles. The third-order valence-electron chi connectivity index (χ3n) is 6.84. The molecule has 0 heterocycles. The minimum atomic E-state index is -0.973. The maximum absolute atomic E-state index is 12.8. The van der Waals surface area contributed by atoms with Crippen LogP contribution in [0.1, 0.15) is 93.4 Å². The third kappa shape index (κ3) is 9.51. The molecule has 1 fully saturated rings. The molecule has 1 unspecified atom stereocenters. The van der Waals surface area contributed by atoms with Crippen LogP contribution in [0.3, 0.4) is 0 Å². The van der Waals surface area contributed by atoms with Gasteiger partial charge in [-0.05, 0) is 52.4 Å². The summed E-state index contributed by atoms with van der Waals surface area (Å²) in [5.41, 5.74) is -0.567. The van der Waals surface area contributed by atoms with E-state index in [0.717, 1.165) is 25.7 Å². The molecule has 3 N–H and O–H groups in total. The highest BCUT2D eigenvalue weighted by Crippen LogP contribution is 2.39. The molecule has 0 aromatic rings. The molecule has 0 saturated heterocycles. The highest BCUT2D eigenvalue weighted by molar-refractivity contribution is 5.74. The zero-order chi connectivity index (χ0) is 25.2. The normalized spacial score (nSPS) is 22.6. The van der Waals surface area contributed by atoms with Crippen LogP contribution in [0.4, 0.5) is 4.79 Å². The van der Waals surface area contributed by atoms with E-state index in [1.54, 1.807) is 0 Å². The Bertz CT molecular complexity index is 634. The first-order valence-corrected chi connectivity index (χ1v) is 12.6. The first-order valence-electron chi connectivity index (χ1n) is 12.6. The van der Waals surface area contributed by atoms with Gasteiger partial charge >= 0.3 is 12.1 Å². The molecule has 1 saturated carbocycles. The van der Waals surface area contributed by atoms with Crippen molar-refractivity contribution in [2.75, 3.05) is 6.61 Å². The minimum absolute atomic E-state index is 0.160. The van der Waals surface area contributed by atoms with Gasteiger partial charge in [0.05, 0.1) is 12.0 Å². The quantitative estimate of drug-likeness (QED) is 0.344. The molecule has 8 heteroatoms. The van der Waals surface area contributed by atoms with Gasteiger partial charge in [-0.1, -0.05) is 40.0 Å². The van der Waals surface area contributed by atoms with E-state index in [2.05, 4.69) is 31.4 Å². The van der Waals surface area contributed by atoms with E-state index in [1.807, 2.05) is 20.8 Å². The standard InChI is InChI=1S/C25H46N2O6/c1-8-11-16(4)32-15-14-25(6,7)27-24(31)33-22-19(12-13-20(22)23(29)30)21(26-17(5)28)18(9-2)10-3/h16,18-22H,8-15H2,1-7H3,(H,26,28)(H,27,31)(H,29,30)/t16?,19-,20+,21-,22+/m1/s1. The molecule has 0 aromatic heterocycles. The maximum Gasteiger partial charge on any atom is 0.407 e. The largest absolute Gasteiger partial charge is 0.481 e. The number of nitrogens with one attached hydrogen (secondary N) is 2. The summed E-state index contributed by atoms with van der Waals surface area (Å²) in [6, 6.07) is -0.235. The predicted molar refractivity (Wildman–Crippen MR) is 128 cm³/mol. The first-order chi connectivity index (χ1) is 15.4. The fourth-order valence-corrected chi connectivity index (χ4v) is 4.92. The first kappa shape index (κ1) is 29.2. The molecular formula is C25H46N2O6. The number of aliphatic carboxylic acids is 1. The van der Waals surface area contributed by atoms with Gasteiger partial charge in [-0.25, -0.2) is 4.79 Å². The monoisotopic (exact) mass is 470 g/mol. The summed E-state index contributed by atoms with van der Waals surface area (Å²) in [7, 11) is 0. The van der Waals surface area contributed by atoms with Gasteiger partial charge in [0.25, 0.3) is 0 Å². The second-order valence-electron chi connectivity index (χ2n) is 10.1. The lowest BCUT2D eigenvalue weighted by Gasteiger charge is -2.35. The van der Waals surface area contributed by atoms with Crippen molar-refractivity contribution in [2.45, 2.75) is 117 Å². The number of carbonyl (C=O) groups is 3. The van der Waals surface area contributed by atoms with Crippen LogP contribution in [0.2, 0.25) is 0 Å². The lowest BCUT2D eigenvalue weighted by molar-refractivity contribution is -0.145. The Hall–Kier alpha value is -1.83. The number of amides is 2. The van der Waals surface area contributed by atoms with Crippen molar-refractivity contribution < 1.29 is 29.0 Å². The molecule has 0 spiro atoms. The Balaban J connectivity index is 2.89. The SMILES string of the molecule is CCCC(C)OCCC(C)(C)NC(=O)O[C@H]1[C@@H]([C@H](NC(C)=O)C(CC)CC)CC[C@@H]1C(=O)O. The number of hydrogen-bond acceptors (Lipinski definition) is 5. The summed E-state index contributed by atoms with van der Waals surface area (Å²) < 4.78 is 11.6. The molecule has 5 atom stereocenters. The van der Waals surface area contributed by atoms with Crippen molar-refractivity contribution in [2.24, 2.45) is 17.8 Å². The fraction of sp³-hybridized carbons (Fsp3) is 0.880. The van der Waals surface area contributed by atoms with E-state index in [1.165, 1.54) is 6.92 Å². The van der Waals surface area contributed by atoms with Crippen LogP contribution < -0.4 is 10.6 Å². The van der Waals surface area contributed by atoms with E-state index in [9.17, 15) is 19.5 Å². The molecule has 1 aliphatic rings. The summed E-state index contributed by atoms with van der Waals surface area (Å²) >= 11 is 0. The van der Waals surface area contributed by atoms with Gasteiger partial charge in [0, 0.05) is 31.0 Å². The summed E-state index contributed by atoms with van der Waals surface area (Å²) in [6.07, 6.45) is 4.09. The molecule has 8 nitrogen and oxygen atoms in total. The summed E-state index contributed by atoms with van der Waals surface area (Å²) in [4.78, 5) is 36.7. The summed E-state index contributed by atoms with van der Waals surface area (Å²) in [5, 5.41) is 15.7. The van der Waals surface area contributed by atoms with Crippen LogP contribution in [0.15, 0.2) is 0 Å². The molecule has 192 valence electrons. The van der Waals surface area contributed by atoms with Crippen molar-refractivity contribution in [1.82, 2.24) is 10.6 Å². The van der Waals surface area contributed by atoms with E-state index in [0.29, 0.717) is 25.9 Å². The fourth-order valence-electron chi connectivity index (χ4n) is 4.92. The molecule has 0 radical (unpaired) electrons. The van der Waals surface area contributed by atoms with Gasteiger partial charge in [-0.15, -0.1) is 0 Å². The topological polar surface area (TPSA) is 114 Å². The van der Waals surface area contributed by atoms with Crippen LogP contribution in [0.25, 0.3) is 0 Å². The number of alkyl carbamates (subject to hydrolysis) is 1. The molecule has 33 heavy (non-hydrogen) atoms. The van der Waals surface area contributed by atoms with E-state index < -0.39 is 29.6 Å². The van der Waals surface area contributed by atoms with E-state index in [-0.39, 0.29) is 29.9 Å². The molecule has 2 amide bonds. The Morgan fingerprint density at radius 3 is 2.27 bits per heavy atom. The highest BCUT2D eigenvalue weighted by atomic mass is 16.6. The zero-order valence-electron chi connectivity index (χ0n) is 21.6. The summed E-state index contributed by atoms with van der Waals surface area (Å²) in [6.45, 7) is 14.0. The number of ether oxygens (including phenoxy) is 2. The van der Waals surface area contributed by atoms with Gasteiger partial charge in [-0.3, -0.25) is 9.59 Å². The van der Waals surface area contributed by atoms with Gasteiger partial charge < -0.3 is 25.2 Å². The van der Waals surface area contributed by atoms with E-state index in [4.69, 9.17) is 9.47 Å². The number of carboxylic acid groups (broad SMARTS) is 1. The Labute approximate surface area is 199 Å².